The van der Waals surface area contributed by atoms with E-state index in [0.717, 1.165) is 12.1 Å². The van der Waals surface area contributed by atoms with E-state index in [-0.39, 0.29) is 0 Å². The molecule has 2 N–H and O–H groups in total. The van der Waals surface area contributed by atoms with Crippen LogP contribution in [0.25, 0.3) is 6.08 Å². The van der Waals surface area contributed by atoms with E-state index >= 15 is 0 Å². The Morgan fingerprint density at radius 2 is 1.92 bits per heavy atom. The Morgan fingerprint density at radius 3 is 2.50 bits per heavy atom. The van der Waals surface area contributed by atoms with Crippen LogP contribution in [-0.2, 0) is 0 Å². The Balaban J connectivity index is 2.58. The van der Waals surface area contributed by atoms with Crippen molar-refractivity contribution >= 4 is 11.8 Å². The van der Waals surface area contributed by atoms with Crippen LogP contribution in [0.1, 0.15) is 25.3 Å². The van der Waals surface area contributed by atoms with Crippen LogP contribution >= 0.6 is 0 Å². The first-order valence-electron chi connectivity index (χ1n) is 4.35. The quantitative estimate of drug-likeness (QED) is 0.675. The number of allylic oxidation sites excluding steroid dienone is 1. The van der Waals surface area contributed by atoms with E-state index in [2.05, 4.69) is 19.1 Å². The fraction of sp³-hybridized carbons (Fsp3) is 0.273. The largest absolute Gasteiger partial charge is 0.399 e. The molecule has 0 saturated heterocycles. The number of nitrogens with two attached hydrogens (primary N) is 1. The van der Waals surface area contributed by atoms with Crippen molar-refractivity contribution in [1.29, 1.82) is 0 Å². The van der Waals surface area contributed by atoms with Crippen LogP contribution in [0.3, 0.4) is 0 Å². The summed E-state index contributed by atoms with van der Waals surface area (Å²) in [6.45, 7) is 2.17. The van der Waals surface area contributed by atoms with Crippen molar-refractivity contribution in [2.45, 2.75) is 19.8 Å². The minimum Gasteiger partial charge on any atom is -0.399 e. The summed E-state index contributed by atoms with van der Waals surface area (Å²) in [4.78, 5) is 0. The van der Waals surface area contributed by atoms with Crippen molar-refractivity contribution in [1.82, 2.24) is 0 Å². The molecule has 0 saturated carbocycles. The molecule has 0 heterocycles. The minimum atomic E-state index is 0.822. The lowest BCUT2D eigenvalue weighted by molar-refractivity contribution is 0.962. The molecule has 12 heavy (non-hydrogen) atoms. The van der Waals surface area contributed by atoms with Gasteiger partial charge in [-0.2, -0.15) is 0 Å². The first kappa shape index (κ1) is 8.85. The van der Waals surface area contributed by atoms with E-state index in [4.69, 9.17) is 5.73 Å². The van der Waals surface area contributed by atoms with Crippen LogP contribution in [0.15, 0.2) is 30.3 Å². The van der Waals surface area contributed by atoms with Gasteiger partial charge in [0.25, 0.3) is 0 Å². The highest BCUT2D eigenvalue weighted by molar-refractivity contribution is 5.53. The maximum atomic E-state index is 5.56. The van der Waals surface area contributed by atoms with Gasteiger partial charge in [-0.1, -0.05) is 37.6 Å². The molecule has 1 aromatic carbocycles. The van der Waals surface area contributed by atoms with Gasteiger partial charge in [0.15, 0.2) is 0 Å². The molecular weight excluding hydrogens is 145 g/mol. The first-order valence-corrected chi connectivity index (χ1v) is 4.35. The topological polar surface area (TPSA) is 26.0 Å². The second kappa shape index (κ2) is 4.60. The highest BCUT2D eigenvalue weighted by atomic mass is 14.5. The van der Waals surface area contributed by atoms with Crippen LogP contribution in [0, 0.1) is 0 Å². The second-order valence-corrected chi connectivity index (χ2v) is 2.86. The van der Waals surface area contributed by atoms with Gasteiger partial charge in [-0.05, 0) is 24.1 Å². The maximum absolute atomic E-state index is 5.56. The molecule has 0 aliphatic rings. The number of unbranched alkanes of at least 4 members (excludes halogenated alkanes) is 1. The third-order valence-corrected chi connectivity index (χ3v) is 1.70. The summed E-state index contributed by atoms with van der Waals surface area (Å²) in [7, 11) is 0. The fourth-order valence-electron chi connectivity index (χ4n) is 0.993. The summed E-state index contributed by atoms with van der Waals surface area (Å²) in [6.07, 6.45) is 6.66. The minimum absolute atomic E-state index is 0.822. The van der Waals surface area contributed by atoms with Crippen LogP contribution in [0.5, 0.6) is 0 Å². The molecule has 0 fully saturated rings. The lowest BCUT2D eigenvalue weighted by atomic mass is 9.90. The van der Waals surface area contributed by atoms with Gasteiger partial charge in [0, 0.05) is 5.69 Å². The monoisotopic (exact) mass is 160 g/mol. The molecule has 0 spiro atoms. The van der Waals surface area contributed by atoms with E-state index in [1.54, 1.807) is 0 Å². The molecule has 0 aliphatic heterocycles. The molecule has 0 unspecified atom stereocenters. The Labute approximate surface area is 73.9 Å². The van der Waals surface area contributed by atoms with E-state index < -0.39 is 0 Å². The molecule has 0 aromatic heterocycles. The zero-order chi connectivity index (χ0) is 8.81. The first-order chi connectivity index (χ1) is 5.83. The summed E-state index contributed by atoms with van der Waals surface area (Å²) in [5.74, 6) is 0. The fourth-order valence-corrected chi connectivity index (χ4v) is 0.993. The normalized spacial score (nSPS) is 10.8. The maximum Gasteiger partial charge on any atom is 0.0314 e. The highest BCUT2D eigenvalue weighted by Crippen LogP contribution is 2.07. The average Bonchev–Trinajstić information content (AvgIpc) is 2.09. The number of hydrogen-bond acceptors (Lipinski definition) is 1. The molecule has 0 radical (unpaired) electrons. The predicted molar refractivity (Wildman–Crippen MR) is 54.8 cm³/mol. The summed E-state index contributed by atoms with van der Waals surface area (Å²) in [5, 5.41) is 0. The lowest BCUT2D eigenvalue weighted by Gasteiger charge is -1.93. The molecule has 0 bridgehead atoms. The zero-order valence-electron chi connectivity index (χ0n) is 7.46. The average molecular weight is 160 g/mol. The number of nitrogen functional groups attached to an aromatic ring is 1. The predicted octanol–water partition coefficient (Wildman–Crippen LogP) is 3.08. The van der Waals surface area contributed by atoms with Crippen LogP contribution in [-0.4, -0.2) is 0 Å². The van der Waals surface area contributed by atoms with E-state index in [9.17, 15) is 0 Å². The molecule has 0 aliphatic carbocycles. The summed E-state index contributed by atoms with van der Waals surface area (Å²) < 4.78 is 0. The standard InChI is InChI=1S/C11H15N/c1-2-3-4-5-10-6-8-11(12)9-7-10/h4-9H,2-3,12H2,1H3/b5-4+/i5-1. The third-order valence-electron chi connectivity index (χ3n) is 1.70. The highest BCUT2D eigenvalue weighted by Gasteiger charge is 1.85. The Bertz CT molecular complexity index is 246. The Kier molecular flexibility index (Phi) is 3.39. The van der Waals surface area contributed by atoms with E-state index in [1.165, 1.54) is 12.0 Å². The van der Waals surface area contributed by atoms with Crippen LogP contribution in [0.4, 0.5) is 5.69 Å². The molecule has 1 aromatic rings. The van der Waals surface area contributed by atoms with Crippen molar-refractivity contribution in [3.05, 3.63) is 35.9 Å². The van der Waals surface area contributed by atoms with Gasteiger partial charge < -0.3 is 5.73 Å². The van der Waals surface area contributed by atoms with E-state index in [1.807, 2.05) is 24.3 Å². The van der Waals surface area contributed by atoms with Crippen molar-refractivity contribution in [3.63, 3.8) is 0 Å². The van der Waals surface area contributed by atoms with Gasteiger partial charge in [-0.25, -0.2) is 0 Å². The molecule has 1 nitrogen and oxygen atoms in total. The molecule has 0 amide bonds. The zero-order valence-corrected chi connectivity index (χ0v) is 7.46. The van der Waals surface area contributed by atoms with Crippen LogP contribution in [0.2, 0.25) is 0 Å². The summed E-state index contributed by atoms with van der Waals surface area (Å²) in [6, 6.07) is 7.90. The Morgan fingerprint density at radius 1 is 1.25 bits per heavy atom. The SMILES string of the molecule is CCC/C=[11CH]/c1ccc(N)cc1. The van der Waals surface area contributed by atoms with Gasteiger partial charge in [-0.15, -0.1) is 0 Å². The van der Waals surface area contributed by atoms with Gasteiger partial charge in [-0.3, -0.25) is 0 Å². The number of anilines is 1. The number of hydrogen-bond donors (Lipinski definition) is 1. The van der Waals surface area contributed by atoms with Gasteiger partial charge in [0.1, 0.15) is 0 Å². The molecule has 1 heteroatoms. The van der Waals surface area contributed by atoms with Gasteiger partial charge >= 0.3 is 0 Å². The molecule has 1 rings (SSSR count). The smallest absolute Gasteiger partial charge is 0.0314 e. The van der Waals surface area contributed by atoms with Crippen molar-refractivity contribution in [3.8, 4) is 0 Å². The van der Waals surface area contributed by atoms with Crippen molar-refractivity contribution < 1.29 is 0 Å². The summed E-state index contributed by atoms with van der Waals surface area (Å²) >= 11 is 0. The molecule has 64 valence electrons. The summed E-state index contributed by atoms with van der Waals surface area (Å²) in [5.41, 5.74) is 7.60. The van der Waals surface area contributed by atoms with Crippen molar-refractivity contribution in [2.24, 2.45) is 0 Å². The van der Waals surface area contributed by atoms with Gasteiger partial charge in [0.2, 0.25) is 0 Å². The number of benzene rings is 1. The third kappa shape index (κ3) is 2.79. The van der Waals surface area contributed by atoms with Crippen molar-refractivity contribution in [2.75, 3.05) is 5.73 Å². The second-order valence-electron chi connectivity index (χ2n) is 2.86. The van der Waals surface area contributed by atoms with Gasteiger partial charge in [0.05, 0.1) is 0 Å². The number of rotatable bonds is 3. The van der Waals surface area contributed by atoms with E-state index in [0.29, 0.717) is 0 Å². The van der Waals surface area contributed by atoms with Crippen LogP contribution < -0.4 is 5.73 Å². The molecule has 0 atom stereocenters. The Hall–Kier alpha value is -1.24. The lowest BCUT2D eigenvalue weighted by Crippen LogP contribution is -1.82. The molecular formula is C11H15N.